The Bertz CT molecular complexity index is 484. The molecule has 0 aromatic heterocycles. The SMILES string of the molecule is CCOC(=O)CCCN=C(N)Nc1ccc(C)c(C)c1. The van der Waals surface area contributed by atoms with Gasteiger partial charge in [-0.1, -0.05) is 6.07 Å². The van der Waals surface area contributed by atoms with E-state index in [9.17, 15) is 4.79 Å². The summed E-state index contributed by atoms with van der Waals surface area (Å²) in [6.45, 7) is 6.82. The number of aliphatic imine (C=N–C) groups is 1. The first kappa shape index (κ1) is 16.0. The maximum Gasteiger partial charge on any atom is 0.305 e. The van der Waals surface area contributed by atoms with Crippen molar-refractivity contribution in [1.82, 2.24) is 0 Å². The minimum Gasteiger partial charge on any atom is -0.466 e. The van der Waals surface area contributed by atoms with Gasteiger partial charge in [-0.2, -0.15) is 0 Å². The van der Waals surface area contributed by atoms with Crippen LogP contribution in [0.5, 0.6) is 0 Å². The van der Waals surface area contributed by atoms with E-state index in [4.69, 9.17) is 10.5 Å². The predicted octanol–water partition coefficient (Wildman–Crippen LogP) is 2.37. The largest absolute Gasteiger partial charge is 0.466 e. The van der Waals surface area contributed by atoms with Crippen molar-refractivity contribution in [2.75, 3.05) is 18.5 Å². The Hall–Kier alpha value is -2.04. The fourth-order valence-electron chi connectivity index (χ4n) is 1.66. The van der Waals surface area contributed by atoms with Crippen LogP contribution < -0.4 is 11.1 Å². The topological polar surface area (TPSA) is 76.7 Å². The maximum absolute atomic E-state index is 11.1. The van der Waals surface area contributed by atoms with E-state index >= 15 is 0 Å². The monoisotopic (exact) mass is 277 g/mol. The third-order valence-corrected chi connectivity index (χ3v) is 2.91. The Kier molecular flexibility index (Phi) is 6.56. The maximum atomic E-state index is 11.1. The highest BCUT2D eigenvalue weighted by molar-refractivity contribution is 5.92. The molecule has 0 fully saturated rings. The lowest BCUT2D eigenvalue weighted by Gasteiger charge is -2.08. The number of nitrogens with one attached hydrogen (secondary N) is 1. The van der Waals surface area contributed by atoms with Crippen molar-refractivity contribution in [2.24, 2.45) is 10.7 Å². The molecule has 0 aliphatic rings. The van der Waals surface area contributed by atoms with Crippen molar-refractivity contribution >= 4 is 17.6 Å². The summed E-state index contributed by atoms with van der Waals surface area (Å²) >= 11 is 0. The van der Waals surface area contributed by atoms with Gasteiger partial charge in [-0.25, -0.2) is 0 Å². The van der Waals surface area contributed by atoms with E-state index in [2.05, 4.69) is 17.2 Å². The van der Waals surface area contributed by atoms with Crippen molar-refractivity contribution in [1.29, 1.82) is 0 Å². The van der Waals surface area contributed by atoms with E-state index in [0.717, 1.165) is 5.69 Å². The zero-order chi connectivity index (χ0) is 15.0. The van der Waals surface area contributed by atoms with Gasteiger partial charge in [0, 0.05) is 18.7 Å². The molecular weight excluding hydrogens is 254 g/mol. The highest BCUT2D eigenvalue weighted by atomic mass is 16.5. The van der Waals surface area contributed by atoms with Crippen molar-refractivity contribution in [3.05, 3.63) is 29.3 Å². The van der Waals surface area contributed by atoms with Gasteiger partial charge in [0.2, 0.25) is 0 Å². The molecule has 1 rings (SSSR count). The molecule has 0 amide bonds. The zero-order valence-electron chi connectivity index (χ0n) is 12.4. The first-order chi connectivity index (χ1) is 9.52. The van der Waals surface area contributed by atoms with Crippen molar-refractivity contribution in [3.8, 4) is 0 Å². The molecule has 110 valence electrons. The van der Waals surface area contributed by atoms with Crippen molar-refractivity contribution in [2.45, 2.75) is 33.6 Å². The number of ether oxygens (including phenoxy) is 1. The van der Waals surface area contributed by atoms with Crippen LogP contribution >= 0.6 is 0 Å². The summed E-state index contributed by atoms with van der Waals surface area (Å²) in [5.74, 6) is 0.167. The van der Waals surface area contributed by atoms with Crippen LogP contribution in [0.15, 0.2) is 23.2 Å². The number of esters is 1. The van der Waals surface area contributed by atoms with E-state index in [1.165, 1.54) is 11.1 Å². The van der Waals surface area contributed by atoms with E-state index in [-0.39, 0.29) is 5.97 Å². The van der Waals surface area contributed by atoms with E-state index < -0.39 is 0 Å². The summed E-state index contributed by atoms with van der Waals surface area (Å²) in [7, 11) is 0. The van der Waals surface area contributed by atoms with Crippen LogP contribution in [0.2, 0.25) is 0 Å². The molecule has 0 aliphatic carbocycles. The molecule has 0 saturated heterocycles. The molecule has 20 heavy (non-hydrogen) atoms. The normalized spacial score (nSPS) is 11.2. The van der Waals surface area contributed by atoms with Gasteiger partial charge in [-0.15, -0.1) is 0 Å². The van der Waals surface area contributed by atoms with Crippen LogP contribution in [0.1, 0.15) is 30.9 Å². The van der Waals surface area contributed by atoms with Crippen LogP contribution in [-0.2, 0) is 9.53 Å². The number of carbonyl (C=O) groups is 1. The predicted molar refractivity (Wildman–Crippen MR) is 81.9 cm³/mol. The van der Waals surface area contributed by atoms with Crippen LogP contribution in [0.25, 0.3) is 0 Å². The molecule has 0 saturated carbocycles. The Labute approximate surface area is 120 Å². The first-order valence-electron chi connectivity index (χ1n) is 6.82. The first-order valence-corrected chi connectivity index (χ1v) is 6.82. The lowest BCUT2D eigenvalue weighted by Crippen LogP contribution is -2.23. The molecule has 0 unspecified atom stereocenters. The molecule has 1 aromatic carbocycles. The molecule has 0 aliphatic heterocycles. The molecule has 0 atom stereocenters. The molecule has 3 N–H and O–H groups in total. The van der Waals surface area contributed by atoms with Gasteiger partial charge >= 0.3 is 5.97 Å². The van der Waals surface area contributed by atoms with Gasteiger partial charge in [0.05, 0.1) is 6.61 Å². The van der Waals surface area contributed by atoms with Gasteiger partial charge in [0.15, 0.2) is 5.96 Å². The molecule has 0 heterocycles. The number of aryl methyl sites for hydroxylation is 2. The Morgan fingerprint density at radius 1 is 1.35 bits per heavy atom. The number of rotatable bonds is 6. The number of guanidine groups is 1. The minimum atomic E-state index is -0.191. The molecule has 0 bridgehead atoms. The minimum absolute atomic E-state index is 0.191. The van der Waals surface area contributed by atoms with E-state index in [1.807, 2.05) is 25.1 Å². The second kappa shape index (κ2) is 8.19. The molecule has 5 nitrogen and oxygen atoms in total. The standard InChI is InChI=1S/C15H23N3O2/c1-4-20-14(19)6-5-9-17-15(16)18-13-8-7-11(2)12(3)10-13/h7-8,10H,4-6,9H2,1-3H3,(H3,16,17,18). The highest BCUT2D eigenvalue weighted by Crippen LogP contribution is 2.13. The van der Waals surface area contributed by atoms with Crippen LogP contribution in [0, 0.1) is 13.8 Å². The van der Waals surface area contributed by atoms with Crippen molar-refractivity contribution < 1.29 is 9.53 Å². The number of carbonyl (C=O) groups excluding carboxylic acids is 1. The Morgan fingerprint density at radius 3 is 2.75 bits per heavy atom. The number of hydrogen-bond donors (Lipinski definition) is 2. The number of benzene rings is 1. The number of hydrogen-bond acceptors (Lipinski definition) is 3. The quantitative estimate of drug-likeness (QED) is 0.362. The highest BCUT2D eigenvalue weighted by Gasteiger charge is 2.01. The summed E-state index contributed by atoms with van der Waals surface area (Å²) in [5.41, 5.74) is 9.14. The summed E-state index contributed by atoms with van der Waals surface area (Å²) < 4.78 is 4.83. The zero-order valence-corrected chi connectivity index (χ0v) is 12.4. The van der Waals surface area contributed by atoms with Crippen LogP contribution in [0.4, 0.5) is 5.69 Å². The molecule has 1 aromatic rings. The summed E-state index contributed by atoms with van der Waals surface area (Å²) in [6, 6.07) is 6.02. The summed E-state index contributed by atoms with van der Waals surface area (Å²) in [4.78, 5) is 15.3. The lowest BCUT2D eigenvalue weighted by molar-refractivity contribution is -0.143. The summed E-state index contributed by atoms with van der Waals surface area (Å²) in [5, 5.41) is 3.03. The number of anilines is 1. The summed E-state index contributed by atoms with van der Waals surface area (Å²) in [6.07, 6.45) is 1.00. The smallest absolute Gasteiger partial charge is 0.305 e. The van der Waals surface area contributed by atoms with Crippen molar-refractivity contribution in [3.63, 3.8) is 0 Å². The Morgan fingerprint density at radius 2 is 2.10 bits per heavy atom. The molecule has 0 radical (unpaired) electrons. The van der Waals surface area contributed by atoms with Gasteiger partial charge in [-0.05, 0) is 50.5 Å². The van der Waals surface area contributed by atoms with Gasteiger partial charge in [0.25, 0.3) is 0 Å². The lowest BCUT2D eigenvalue weighted by atomic mass is 10.1. The van der Waals surface area contributed by atoms with Gasteiger partial charge in [-0.3, -0.25) is 9.79 Å². The number of nitrogens with zero attached hydrogens (tertiary/aromatic N) is 1. The van der Waals surface area contributed by atoms with Crippen LogP contribution in [-0.4, -0.2) is 25.1 Å². The van der Waals surface area contributed by atoms with Gasteiger partial charge in [0.1, 0.15) is 0 Å². The molecule has 0 spiro atoms. The molecule has 5 heteroatoms. The third-order valence-electron chi connectivity index (χ3n) is 2.91. The second-order valence-corrected chi connectivity index (χ2v) is 4.60. The van der Waals surface area contributed by atoms with Gasteiger partial charge < -0.3 is 15.8 Å². The third kappa shape index (κ3) is 5.73. The van der Waals surface area contributed by atoms with E-state index in [0.29, 0.717) is 32.0 Å². The second-order valence-electron chi connectivity index (χ2n) is 4.60. The number of nitrogens with two attached hydrogens (primary N) is 1. The fraction of sp³-hybridized carbons (Fsp3) is 0.467. The Balaban J connectivity index is 2.38. The average Bonchev–Trinajstić information content (AvgIpc) is 2.39. The van der Waals surface area contributed by atoms with E-state index in [1.54, 1.807) is 6.92 Å². The average molecular weight is 277 g/mol. The fourth-order valence-corrected chi connectivity index (χ4v) is 1.66. The molecular formula is C15H23N3O2. The van der Waals surface area contributed by atoms with Crippen LogP contribution in [0.3, 0.4) is 0 Å².